The van der Waals surface area contributed by atoms with E-state index in [2.05, 4.69) is 210 Å². The van der Waals surface area contributed by atoms with Gasteiger partial charge in [-0.15, -0.1) is 0 Å². The average molecular weight is 756 g/mol. The summed E-state index contributed by atoms with van der Waals surface area (Å²) >= 11 is 0. The van der Waals surface area contributed by atoms with Crippen molar-refractivity contribution in [1.82, 2.24) is 0 Å². The Morgan fingerprint density at radius 1 is 0.356 bits per heavy atom. The number of fused-ring (bicyclic) bond motifs is 10. The van der Waals surface area contributed by atoms with E-state index in [-0.39, 0.29) is 10.8 Å². The van der Waals surface area contributed by atoms with Crippen LogP contribution >= 0.6 is 0 Å². The van der Waals surface area contributed by atoms with Gasteiger partial charge in [-0.25, -0.2) is 0 Å². The number of nitrogens with zero attached hydrogens (tertiary/aromatic N) is 1. The molecule has 0 bridgehead atoms. The minimum absolute atomic E-state index is 0.0672. The molecule has 0 fully saturated rings. The molecule has 0 atom stereocenters. The highest BCUT2D eigenvalue weighted by Crippen LogP contribution is 2.53. The lowest BCUT2D eigenvalue weighted by molar-refractivity contribution is 0.660. The van der Waals surface area contributed by atoms with E-state index < -0.39 is 0 Å². The van der Waals surface area contributed by atoms with E-state index in [1.807, 2.05) is 0 Å². The molecule has 1 heterocycles. The number of hydrogen-bond acceptors (Lipinski definition) is 1. The van der Waals surface area contributed by atoms with Crippen LogP contribution in [0.4, 0.5) is 11.4 Å². The van der Waals surface area contributed by atoms with E-state index in [0.717, 1.165) is 6.42 Å². The molecule has 9 aromatic carbocycles. The minimum Gasteiger partial charge on any atom is -0.344 e. The van der Waals surface area contributed by atoms with Crippen LogP contribution in [0.3, 0.4) is 0 Å². The summed E-state index contributed by atoms with van der Waals surface area (Å²) in [6, 6.07) is 64.7. The van der Waals surface area contributed by atoms with Crippen LogP contribution in [0.15, 0.2) is 170 Å². The molecule has 0 amide bonds. The van der Waals surface area contributed by atoms with Crippen molar-refractivity contribution in [1.29, 1.82) is 0 Å². The third kappa shape index (κ3) is 4.79. The van der Waals surface area contributed by atoms with Gasteiger partial charge in [-0.05, 0) is 141 Å². The second kappa shape index (κ2) is 12.2. The normalized spacial score (nSPS) is 15.0. The van der Waals surface area contributed by atoms with Gasteiger partial charge in [0.1, 0.15) is 0 Å². The van der Waals surface area contributed by atoms with Gasteiger partial charge in [-0.3, -0.25) is 0 Å². The first kappa shape index (κ1) is 34.4. The molecule has 1 aliphatic heterocycles. The van der Waals surface area contributed by atoms with E-state index >= 15 is 0 Å². The standard InChI is InChI=1S/C58H45N/c1-57(2)49-19-11-9-15-41(49)43-27-24-36(32-51(43)57)35-25-29-47-48(31-35)56(39-26-28-44-42-16-10-12-20-50(42)58(3,4)52(44)33-39)46-18-8-7-17-45(46)55(47)40-23-22-38-30-37-14-6-13-21-53(37)59(5)54(38)34-40/h6-29,31-34H,30H2,1-5H3. The van der Waals surface area contributed by atoms with Gasteiger partial charge in [0.05, 0.1) is 0 Å². The van der Waals surface area contributed by atoms with Crippen molar-refractivity contribution in [2.75, 3.05) is 11.9 Å². The maximum Gasteiger partial charge on any atom is 0.0450 e. The Bertz CT molecular complexity index is 3270. The maximum absolute atomic E-state index is 2.50. The SMILES string of the molecule is CN1c2ccccc2Cc2ccc(-c3c4ccccc4c(-c4ccc5c(c4)C(C)(C)c4ccccc4-5)c4cc(-c5ccc6c(c5)C(C)(C)c5ccccc5-6)ccc34)cc21. The highest BCUT2D eigenvalue weighted by Gasteiger charge is 2.37. The third-order valence-electron chi connectivity index (χ3n) is 14.3. The van der Waals surface area contributed by atoms with E-state index in [1.165, 1.54) is 122 Å². The Morgan fingerprint density at radius 2 is 0.814 bits per heavy atom. The highest BCUT2D eigenvalue weighted by atomic mass is 15.1. The van der Waals surface area contributed by atoms with Crippen molar-refractivity contribution < 1.29 is 0 Å². The summed E-state index contributed by atoms with van der Waals surface area (Å²) in [5.41, 5.74) is 23.8. The molecule has 282 valence electrons. The fourth-order valence-electron chi connectivity index (χ4n) is 11.2. The Labute approximate surface area is 347 Å². The summed E-state index contributed by atoms with van der Waals surface area (Å²) in [7, 11) is 2.22. The zero-order valence-corrected chi connectivity index (χ0v) is 34.3. The lowest BCUT2D eigenvalue weighted by atomic mass is 9.80. The fourth-order valence-corrected chi connectivity index (χ4v) is 11.2. The summed E-state index contributed by atoms with van der Waals surface area (Å²) < 4.78 is 0. The molecule has 0 saturated carbocycles. The third-order valence-corrected chi connectivity index (χ3v) is 14.3. The molecule has 9 aromatic rings. The predicted octanol–water partition coefficient (Wildman–Crippen LogP) is 15.3. The first-order valence-corrected chi connectivity index (χ1v) is 21.1. The summed E-state index contributed by atoms with van der Waals surface area (Å²) in [4.78, 5) is 2.38. The lowest BCUT2D eigenvalue weighted by Gasteiger charge is -2.31. The van der Waals surface area contributed by atoms with Crippen molar-refractivity contribution in [3.05, 3.63) is 203 Å². The van der Waals surface area contributed by atoms with Crippen LogP contribution in [0, 0.1) is 0 Å². The number of benzene rings is 9. The van der Waals surface area contributed by atoms with Crippen LogP contribution in [0.25, 0.3) is 77.2 Å². The van der Waals surface area contributed by atoms with Gasteiger partial charge >= 0.3 is 0 Å². The highest BCUT2D eigenvalue weighted by molar-refractivity contribution is 6.22. The molecular formula is C58H45N. The van der Waals surface area contributed by atoms with Crippen LogP contribution < -0.4 is 4.90 Å². The summed E-state index contributed by atoms with van der Waals surface area (Å²) in [6.45, 7) is 9.52. The largest absolute Gasteiger partial charge is 0.344 e. The zero-order chi connectivity index (χ0) is 39.8. The molecular weight excluding hydrogens is 711 g/mol. The zero-order valence-electron chi connectivity index (χ0n) is 34.3. The summed E-state index contributed by atoms with van der Waals surface area (Å²) in [5, 5.41) is 5.12. The number of rotatable bonds is 3. The first-order chi connectivity index (χ1) is 28.7. The Kier molecular flexibility index (Phi) is 7.08. The van der Waals surface area contributed by atoms with Gasteiger partial charge in [0.25, 0.3) is 0 Å². The summed E-state index contributed by atoms with van der Waals surface area (Å²) in [6.07, 6.45) is 0.946. The van der Waals surface area contributed by atoms with E-state index in [0.29, 0.717) is 0 Å². The molecule has 0 unspecified atom stereocenters. The average Bonchev–Trinajstić information content (AvgIpc) is 3.64. The van der Waals surface area contributed by atoms with Gasteiger partial charge in [0.15, 0.2) is 0 Å². The summed E-state index contributed by atoms with van der Waals surface area (Å²) in [5.74, 6) is 0. The molecule has 59 heavy (non-hydrogen) atoms. The quantitative estimate of drug-likeness (QED) is 0.162. The molecule has 3 aliphatic rings. The molecule has 0 aromatic heterocycles. The molecule has 12 rings (SSSR count). The molecule has 1 heteroatoms. The smallest absolute Gasteiger partial charge is 0.0450 e. The lowest BCUT2D eigenvalue weighted by Crippen LogP contribution is -2.18. The second-order valence-electron chi connectivity index (χ2n) is 18.1. The van der Waals surface area contributed by atoms with Crippen LogP contribution in [0.5, 0.6) is 0 Å². The van der Waals surface area contributed by atoms with Crippen LogP contribution in [-0.2, 0) is 17.3 Å². The van der Waals surface area contributed by atoms with Gasteiger partial charge in [0, 0.05) is 35.7 Å². The van der Waals surface area contributed by atoms with Gasteiger partial charge < -0.3 is 4.90 Å². The molecule has 0 spiro atoms. The van der Waals surface area contributed by atoms with Crippen LogP contribution in [0.2, 0.25) is 0 Å². The van der Waals surface area contributed by atoms with E-state index in [9.17, 15) is 0 Å². The number of hydrogen-bond donors (Lipinski definition) is 0. The number of para-hydroxylation sites is 1. The molecule has 0 N–H and O–H groups in total. The first-order valence-electron chi connectivity index (χ1n) is 21.1. The van der Waals surface area contributed by atoms with E-state index in [1.54, 1.807) is 0 Å². The van der Waals surface area contributed by atoms with Crippen molar-refractivity contribution in [3.63, 3.8) is 0 Å². The minimum atomic E-state index is -0.0960. The molecule has 0 saturated heterocycles. The Hall–Kier alpha value is -6.70. The van der Waals surface area contributed by atoms with Gasteiger partial charge in [-0.1, -0.05) is 167 Å². The Balaban J connectivity index is 1.11. The van der Waals surface area contributed by atoms with E-state index in [4.69, 9.17) is 0 Å². The number of anilines is 2. The van der Waals surface area contributed by atoms with Crippen molar-refractivity contribution in [3.8, 4) is 55.6 Å². The fraction of sp³-hybridized carbons (Fsp3) is 0.138. The second-order valence-corrected chi connectivity index (χ2v) is 18.1. The van der Waals surface area contributed by atoms with Crippen LogP contribution in [0.1, 0.15) is 61.1 Å². The van der Waals surface area contributed by atoms with Crippen LogP contribution in [-0.4, -0.2) is 7.05 Å². The molecule has 2 aliphatic carbocycles. The van der Waals surface area contributed by atoms with Gasteiger partial charge in [-0.2, -0.15) is 0 Å². The van der Waals surface area contributed by atoms with Crippen molar-refractivity contribution >= 4 is 32.9 Å². The predicted molar refractivity (Wildman–Crippen MR) is 250 cm³/mol. The molecule has 0 radical (unpaired) electrons. The monoisotopic (exact) mass is 755 g/mol. The van der Waals surface area contributed by atoms with Gasteiger partial charge in [0.2, 0.25) is 0 Å². The maximum atomic E-state index is 2.50. The van der Waals surface area contributed by atoms with Crippen molar-refractivity contribution in [2.24, 2.45) is 0 Å². The topological polar surface area (TPSA) is 3.24 Å². The molecule has 1 nitrogen and oxygen atoms in total. The van der Waals surface area contributed by atoms with Crippen molar-refractivity contribution in [2.45, 2.75) is 44.9 Å². The Morgan fingerprint density at radius 3 is 1.51 bits per heavy atom.